The minimum absolute atomic E-state index is 0.0575. The van der Waals surface area contributed by atoms with E-state index < -0.39 is 0 Å². The molecule has 0 saturated carbocycles. The number of rotatable bonds is 7. The van der Waals surface area contributed by atoms with Gasteiger partial charge in [-0.3, -0.25) is 9.36 Å². The van der Waals surface area contributed by atoms with Crippen LogP contribution < -0.4 is 10.3 Å². The summed E-state index contributed by atoms with van der Waals surface area (Å²) in [5, 5.41) is 0.689. The minimum Gasteiger partial charge on any atom is -0.497 e. The summed E-state index contributed by atoms with van der Waals surface area (Å²) in [5.41, 5.74) is 2.28. The van der Waals surface area contributed by atoms with E-state index in [0.29, 0.717) is 17.8 Å². The molecule has 0 unspecified atom stereocenters. The lowest BCUT2D eigenvalue weighted by Gasteiger charge is -2.24. The topological polar surface area (TPSA) is 44.1 Å². The molecule has 4 nitrogen and oxygen atoms in total. The first kappa shape index (κ1) is 21.1. The number of ether oxygens (including phenoxy) is 1. The van der Waals surface area contributed by atoms with Crippen LogP contribution in [0.4, 0.5) is 0 Å². The molecule has 0 saturated heterocycles. The van der Waals surface area contributed by atoms with Crippen LogP contribution in [0.3, 0.4) is 0 Å². The molecule has 154 valence electrons. The molecule has 0 aliphatic heterocycles. The van der Waals surface area contributed by atoms with Crippen LogP contribution in [0.5, 0.6) is 5.75 Å². The Balaban J connectivity index is 1.91. The second-order valence-electron chi connectivity index (χ2n) is 9.17. The first-order chi connectivity index (χ1) is 13.8. The number of methoxy groups -OCH3 is 1. The molecule has 0 fully saturated rings. The molecule has 0 spiro atoms. The van der Waals surface area contributed by atoms with Crippen molar-refractivity contribution in [2.24, 2.45) is 11.3 Å². The molecule has 3 rings (SSSR count). The fourth-order valence-electron chi connectivity index (χ4n) is 4.06. The molecule has 1 heterocycles. The van der Waals surface area contributed by atoms with Crippen molar-refractivity contribution in [3.8, 4) is 5.75 Å². The summed E-state index contributed by atoms with van der Waals surface area (Å²) in [6.07, 6.45) is 2.68. The molecule has 1 aromatic heterocycles. The van der Waals surface area contributed by atoms with Gasteiger partial charge in [-0.1, -0.05) is 52.0 Å². The lowest BCUT2D eigenvalue weighted by atomic mass is 9.84. The molecular formula is C25H32N2O2. The largest absolute Gasteiger partial charge is 0.497 e. The van der Waals surface area contributed by atoms with Crippen molar-refractivity contribution in [3.63, 3.8) is 0 Å². The number of hydrogen-bond acceptors (Lipinski definition) is 3. The van der Waals surface area contributed by atoms with Crippen LogP contribution in [0.15, 0.2) is 53.3 Å². The Morgan fingerprint density at radius 1 is 1.07 bits per heavy atom. The van der Waals surface area contributed by atoms with Crippen molar-refractivity contribution < 1.29 is 4.74 Å². The van der Waals surface area contributed by atoms with Crippen molar-refractivity contribution in [1.29, 1.82) is 0 Å². The summed E-state index contributed by atoms with van der Waals surface area (Å²) in [7, 11) is 1.67. The summed E-state index contributed by atoms with van der Waals surface area (Å²) in [6.45, 7) is 9.65. The van der Waals surface area contributed by atoms with Crippen molar-refractivity contribution in [1.82, 2.24) is 9.55 Å². The highest BCUT2D eigenvalue weighted by Crippen LogP contribution is 2.26. The molecule has 0 aliphatic rings. The second kappa shape index (κ2) is 8.81. The van der Waals surface area contributed by atoms with E-state index in [-0.39, 0.29) is 11.0 Å². The first-order valence-corrected chi connectivity index (χ1v) is 10.4. The van der Waals surface area contributed by atoms with E-state index in [2.05, 4.69) is 39.8 Å². The average molecular weight is 393 g/mol. The number of hydrogen-bond donors (Lipinski definition) is 0. The predicted octanol–water partition coefficient (Wildman–Crippen LogP) is 5.26. The zero-order chi connectivity index (χ0) is 21.0. The van der Waals surface area contributed by atoms with Crippen molar-refractivity contribution in [2.75, 3.05) is 7.11 Å². The van der Waals surface area contributed by atoms with Gasteiger partial charge in [-0.15, -0.1) is 0 Å². The molecule has 3 aromatic rings. The van der Waals surface area contributed by atoms with Gasteiger partial charge in [0.2, 0.25) is 0 Å². The lowest BCUT2D eigenvalue weighted by molar-refractivity contribution is 0.301. The maximum atomic E-state index is 13.2. The Bertz CT molecular complexity index is 1010. The number of aryl methyl sites for hydroxylation is 1. The van der Waals surface area contributed by atoms with E-state index in [1.54, 1.807) is 7.11 Å². The summed E-state index contributed by atoms with van der Waals surface area (Å²) < 4.78 is 7.12. The summed E-state index contributed by atoms with van der Waals surface area (Å²) in [5.74, 6) is 2.18. The van der Waals surface area contributed by atoms with E-state index in [1.807, 2.05) is 41.0 Å². The first-order valence-electron chi connectivity index (χ1n) is 10.4. The highest BCUT2D eigenvalue weighted by Gasteiger charge is 2.19. The third-order valence-corrected chi connectivity index (χ3v) is 5.22. The summed E-state index contributed by atoms with van der Waals surface area (Å²) >= 11 is 0. The van der Waals surface area contributed by atoms with Crippen LogP contribution in [-0.4, -0.2) is 16.7 Å². The van der Waals surface area contributed by atoms with E-state index in [9.17, 15) is 4.79 Å². The molecule has 0 radical (unpaired) electrons. The molecule has 1 atom stereocenters. The third kappa shape index (κ3) is 5.47. The van der Waals surface area contributed by atoms with E-state index in [0.717, 1.165) is 36.4 Å². The second-order valence-corrected chi connectivity index (χ2v) is 9.17. The number of para-hydroxylation sites is 1. The lowest BCUT2D eigenvalue weighted by Crippen LogP contribution is -2.28. The highest BCUT2D eigenvalue weighted by atomic mass is 16.5. The minimum atomic E-state index is 0.0575. The fourth-order valence-corrected chi connectivity index (χ4v) is 4.06. The van der Waals surface area contributed by atoms with Gasteiger partial charge in [0.25, 0.3) is 5.56 Å². The molecule has 4 heteroatoms. The number of benzene rings is 2. The number of fused-ring (bicyclic) bond motifs is 1. The number of aromatic nitrogens is 2. The third-order valence-electron chi connectivity index (χ3n) is 5.22. The monoisotopic (exact) mass is 392 g/mol. The zero-order valence-electron chi connectivity index (χ0n) is 18.2. The van der Waals surface area contributed by atoms with Crippen molar-refractivity contribution >= 4 is 10.9 Å². The SMILES string of the molecule is COc1ccc(CCn2c(C[C@H](C)CC(C)(C)C)nc3ccccc3c2=O)cc1. The molecule has 0 amide bonds. The maximum absolute atomic E-state index is 13.2. The molecule has 0 aliphatic carbocycles. The predicted molar refractivity (Wildman–Crippen MR) is 120 cm³/mol. The van der Waals surface area contributed by atoms with Gasteiger partial charge < -0.3 is 4.74 Å². The molecular weight excluding hydrogens is 360 g/mol. The van der Waals surface area contributed by atoms with Crippen molar-refractivity contribution in [2.45, 2.75) is 53.5 Å². The molecule has 29 heavy (non-hydrogen) atoms. The average Bonchev–Trinajstić information content (AvgIpc) is 2.66. The Morgan fingerprint density at radius 3 is 2.41 bits per heavy atom. The number of nitrogens with zero attached hydrogens (tertiary/aromatic N) is 2. The van der Waals surface area contributed by atoms with Crippen LogP contribution >= 0.6 is 0 Å². The Morgan fingerprint density at radius 2 is 1.76 bits per heavy atom. The fraction of sp³-hybridized carbons (Fsp3) is 0.440. The molecule has 0 N–H and O–H groups in total. The van der Waals surface area contributed by atoms with Gasteiger partial charge >= 0.3 is 0 Å². The Labute approximate surface area is 173 Å². The van der Waals surface area contributed by atoms with Gasteiger partial charge in [0.15, 0.2) is 0 Å². The van der Waals surface area contributed by atoms with Gasteiger partial charge in [-0.25, -0.2) is 4.98 Å². The molecule has 0 bridgehead atoms. The van der Waals surface area contributed by atoms with Crippen LogP contribution in [-0.2, 0) is 19.4 Å². The zero-order valence-corrected chi connectivity index (χ0v) is 18.2. The summed E-state index contributed by atoms with van der Waals surface area (Å²) in [4.78, 5) is 18.1. The smallest absolute Gasteiger partial charge is 0.261 e. The van der Waals surface area contributed by atoms with Crippen LogP contribution in [0.25, 0.3) is 10.9 Å². The van der Waals surface area contributed by atoms with Crippen molar-refractivity contribution in [3.05, 3.63) is 70.3 Å². The molecule has 2 aromatic carbocycles. The Kier molecular flexibility index (Phi) is 6.41. The van der Waals surface area contributed by atoms with Crippen LogP contribution in [0.1, 0.15) is 45.5 Å². The van der Waals surface area contributed by atoms with E-state index >= 15 is 0 Å². The standard InChI is InChI=1S/C25H32N2O2/c1-18(17-25(2,3)4)16-23-26-22-9-7-6-8-21(22)24(28)27(23)15-14-19-10-12-20(29-5)13-11-19/h6-13,18H,14-17H2,1-5H3/t18-/m0/s1. The van der Waals surface area contributed by atoms with Crippen LogP contribution in [0, 0.1) is 11.3 Å². The summed E-state index contributed by atoms with van der Waals surface area (Å²) in [6, 6.07) is 15.7. The van der Waals surface area contributed by atoms with Gasteiger partial charge in [-0.2, -0.15) is 0 Å². The van der Waals surface area contributed by atoms with Crippen LogP contribution in [0.2, 0.25) is 0 Å². The van der Waals surface area contributed by atoms with Gasteiger partial charge in [-0.05, 0) is 54.0 Å². The normalized spacial score (nSPS) is 12.9. The highest BCUT2D eigenvalue weighted by molar-refractivity contribution is 5.77. The van der Waals surface area contributed by atoms with Gasteiger partial charge in [0, 0.05) is 13.0 Å². The maximum Gasteiger partial charge on any atom is 0.261 e. The van der Waals surface area contributed by atoms with Gasteiger partial charge in [0.1, 0.15) is 11.6 Å². The van der Waals surface area contributed by atoms with E-state index in [4.69, 9.17) is 9.72 Å². The van der Waals surface area contributed by atoms with Gasteiger partial charge in [0.05, 0.1) is 18.0 Å². The quantitative estimate of drug-likeness (QED) is 0.551. The Hall–Kier alpha value is -2.62. The van der Waals surface area contributed by atoms with E-state index in [1.165, 1.54) is 5.56 Å².